The number of hydrogen-bond acceptors (Lipinski definition) is 3. The van der Waals surface area contributed by atoms with Gasteiger partial charge in [0.1, 0.15) is 0 Å². The largest absolute Gasteiger partial charge is 0.355 e. The summed E-state index contributed by atoms with van der Waals surface area (Å²) >= 11 is 0. The molecule has 0 radical (unpaired) electrons. The highest BCUT2D eigenvalue weighted by atomic mass is 16.2. The normalized spacial score (nSPS) is 19.1. The second kappa shape index (κ2) is 5.18. The van der Waals surface area contributed by atoms with Gasteiger partial charge in [0.15, 0.2) is 0 Å². The van der Waals surface area contributed by atoms with Crippen LogP contribution in [0.3, 0.4) is 0 Å². The highest BCUT2D eigenvalue weighted by Gasteiger charge is 2.29. The minimum absolute atomic E-state index is 0.0690. The molecule has 0 aliphatic carbocycles. The first-order valence-corrected chi connectivity index (χ1v) is 5.98. The Hall–Kier alpha value is -1.88. The molecule has 1 unspecified atom stereocenters. The fourth-order valence-electron chi connectivity index (χ4n) is 2.15. The number of anilines is 1. The van der Waals surface area contributed by atoms with Crippen LogP contribution in [0.15, 0.2) is 24.3 Å². The SMILES string of the molecule is CNC(=O)c1cccc(N2CC(CN)CC2=O)c1. The van der Waals surface area contributed by atoms with Gasteiger partial charge in [0.2, 0.25) is 5.91 Å². The van der Waals surface area contributed by atoms with Crippen molar-refractivity contribution >= 4 is 17.5 Å². The van der Waals surface area contributed by atoms with Crippen LogP contribution in [-0.2, 0) is 4.79 Å². The summed E-state index contributed by atoms with van der Waals surface area (Å²) in [6, 6.07) is 7.07. The molecule has 2 amide bonds. The van der Waals surface area contributed by atoms with Crippen LogP contribution in [-0.4, -0.2) is 32.0 Å². The number of nitrogens with zero attached hydrogens (tertiary/aromatic N) is 1. The topological polar surface area (TPSA) is 75.4 Å². The second-order valence-electron chi connectivity index (χ2n) is 4.44. The molecule has 18 heavy (non-hydrogen) atoms. The smallest absolute Gasteiger partial charge is 0.251 e. The maximum atomic E-state index is 11.9. The standard InChI is InChI=1S/C13H17N3O2/c1-15-13(18)10-3-2-4-11(6-10)16-8-9(7-14)5-12(16)17/h2-4,6,9H,5,7-8,14H2,1H3,(H,15,18). The Kier molecular flexibility index (Phi) is 3.62. The van der Waals surface area contributed by atoms with Gasteiger partial charge in [-0.25, -0.2) is 0 Å². The summed E-state index contributed by atoms with van der Waals surface area (Å²) < 4.78 is 0. The molecular formula is C13H17N3O2. The Balaban J connectivity index is 2.24. The van der Waals surface area contributed by atoms with Gasteiger partial charge in [-0.2, -0.15) is 0 Å². The van der Waals surface area contributed by atoms with E-state index >= 15 is 0 Å². The lowest BCUT2D eigenvalue weighted by Gasteiger charge is -2.17. The number of carbonyl (C=O) groups excluding carboxylic acids is 2. The number of rotatable bonds is 3. The molecule has 1 heterocycles. The molecule has 0 bridgehead atoms. The third kappa shape index (κ3) is 2.36. The first-order valence-electron chi connectivity index (χ1n) is 5.98. The molecule has 0 spiro atoms. The van der Waals surface area contributed by atoms with Gasteiger partial charge >= 0.3 is 0 Å². The molecule has 5 nitrogen and oxygen atoms in total. The van der Waals surface area contributed by atoms with Crippen molar-refractivity contribution in [3.05, 3.63) is 29.8 Å². The average Bonchev–Trinajstić information content (AvgIpc) is 2.79. The Bertz CT molecular complexity index is 473. The number of carbonyl (C=O) groups is 2. The van der Waals surface area contributed by atoms with Gasteiger partial charge in [0, 0.05) is 31.3 Å². The van der Waals surface area contributed by atoms with E-state index in [0.29, 0.717) is 25.1 Å². The summed E-state index contributed by atoms with van der Waals surface area (Å²) in [6.07, 6.45) is 0.487. The first kappa shape index (κ1) is 12.6. The number of nitrogens with two attached hydrogens (primary N) is 1. The number of nitrogens with one attached hydrogen (secondary N) is 1. The molecule has 0 aromatic heterocycles. The van der Waals surface area contributed by atoms with E-state index in [1.807, 2.05) is 6.07 Å². The van der Waals surface area contributed by atoms with Crippen molar-refractivity contribution in [2.45, 2.75) is 6.42 Å². The van der Waals surface area contributed by atoms with Crippen LogP contribution in [0, 0.1) is 5.92 Å². The van der Waals surface area contributed by atoms with E-state index in [0.717, 1.165) is 5.69 Å². The minimum Gasteiger partial charge on any atom is -0.355 e. The zero-order chi connectivity index (χ0) is 13.1. The lowest BCUT2D eigenvalue weighted by atomic mass is 10.1. The van der Waals surface area contributed by atoms with Gasteiger partial charge < -0.3 is 16.0 Å². The van der Waals surface area contributed by atoms with E-state index in [9.17, 15) is 9.59 Å². The molecule has 0 saturated carbocycles. The monoisotopic (exact) mass is 247 g/mol. The van der Waals surface area contributed by atoms with E-state index in [4.69, 9.17) is 5.73 Å². The Morgan fingerprint density at radius 1 is 1.56 bits per heavy atom. The van der Waals surface area contributed by atoms with Crippen LogP contribution < -0.4 is 16.0 Å². The molecule has 1 aromatic carbocycles. The van der Waals surface area contributed by atoms with Crippen molar-refractivity contribution in [3.63, 3.8) is 0 Å². The van der Waals surface area contributed by atoms with Gasteiger partial charge in [-0.1, -0.05) is 6.07 Å². The van der Waals surface area contributed by atoms with Gasteiger partial charge in [-0.05, 0) is 30.7 Å². The van der Waals surface area contributed by atoms with Crippen LogP contribution in [0.25, 0.3) is 0 Å². The van der Waals surface area contributed by atoms with E-state index in [2.05, 4.69) is 5.32 Å². The summed E-state index contributed by atoms with van der Waals surface area (Å²) in [7, 11) is 1.58. The van der Waals surface area contributed by atoms with E-state index in [1.165, 1.54) is 0 Å². The van der Waals surface area contributed by atoms with Crippen molar-refractivity contribution < 1.29 is 9.59 Å². The zero-order valence-electron chi connectivity index (χ0n) is 10.3. The van der Waals surface area contributed by atoms with Crippen LogP contribution in [0.4, 0.5) is 5.69 Å². The first-order chi connectivity index (χ1) is 8.65. The highest BCUT2D eigenvalue weighted by molar-refractivity contribution is 5.99. The third-order valence-electron chi connectivity index (χ3n) is 3.19. The lowest BCUT2D eigenvalue weighted by molar-refractivity contribution is -0.117. The maximum Gasteiger partial charge on any atom is 0.251 e. The molecule has 1 atom stereocenters. The minimum atomic E-state index is -0.154. The third-order valence-corrected chi connectivity index (χ3v) is 3.19. The van der Waals surface area contributed by atoms with Gasteiger partial charge in [0.25, 0.3) is 5.91 Å². The Morgan fingerprint density at radius 2 is 2.33 bits per heavy atom. The van der Waals surface area contributed by atoms with Gasteiger partial charge in [-0.15, -0.1) is 0 Å². The van der Waals surface area contributed by atoms with Crippen LogP contribution in [0.1, 0.15) is 16.8 Å². The summed E-state index contributed by atoms with van der Waals surface area (Å²) in [6.45, 7) is 1.14. The zero-order valence-corrected chi connectivity index (χ0v) is 10.3. The van der Waals surface area contributed by atoms with Gasteiger partial charge in [0.05, 0.1) is 0 Å². The van der Waals surface area contributed by atoms with Crippen molar-refractivity contribution in [1.29, 1.82) is 0 Å². The number of amides is 2. The van der Waals surface area contributed by atoms with Crippen molar-refractivity contribution in [2.24, 2.45) is 11.7 Å². The fourth-order valence-corrected chi connectivity index (χ4v) is 2.15. The van der Waals surface area contributed by atoms with Crippen molar-refractivity contribution in [3.8, 4) is 0 Å². The lowest BCUT2D eigenvalue weighted by Crippen LogP contribution is -2.26. The average molecular weight is 247 g/mol. The molecule has 1 aliphatic rings. The highest BCUT2D eigenvalue weighted by Crippen LogP contribution is 2.25. The molecular weight excluding hydrogens is 230 g/mol. The van der Waals surface area contributed by atoms with Crippen molar-refractivity contribution in [2.75, 3.05) is 25.0 Å². The quantitative estimate of drug-likeness (QED) is 0.809. The van der Waals surface area contributed by atoms with Crippen LogP contribution >= 0.6 is 0 Å². The van der Waals surface area contributed by atoms with Gasteiger partial charge in [-0.3, -0.25) is 9.59 Å². The van der Waals surface area contributed by atoms with E-state index in [-0.39, 0.29) is 17.7 Å². The summed E-state index contributed by atoms with van der Waals surface area (Å²) in [5.74, 6) is 0.125. The molecule has 96 valence electrons. The summed E-state index contributed by atoms with van der Waals surface area (Å²) in [5.41, 5.74) is 6.91. The molecule has 1 aromatic rings. The van der Waals surface area contributed by atoms with Crippen LogP contribution in [0.5, 0.6) is 0 Å². The second-order valence-corrected chi connectivity index (χ2v) is 4.44. The predicted octanol–water partition coefficient (Wildman–Crippen LogP) is 0.358. The molecule has 5 heteroatoms. The molecule has 1 aliphatic heterocycles. The number of hydrogen-bond donors (Lipinski definition) is 2. The van der Waals surface area contributed by atoms with E-state index < -0.39 is 0 Å². The molecule has 1 saturated heterocycles. The molecule has 1 fully saturated rings. The van der Waals surface area contributed by atoms with Crippen molar-refractivity contribution in [1.82, 2.24) is 5.32 Å². The summed E-state index contributed by atoms with van der Waals surface area (Å²) in [5, 5.41) is 2.57. The molecule has 2 rings (SSSR count). The molecule has 3 N–H and O–H groups in total. The maximum absolute atomic E-state index is 11.9. The summed E-state index contributed by atoms with van der Waals surface area (Å²) in [4.78, 5) is 25.1. The number of benzene rings is 1. The predicted molar refractivity (Wildman–Crippen MR) is 69.3 cm³/mol. The Morgan fingerprint density at radius 3 is 2.94 bits per heavy atom. The fraction of sp³-hybridized carbons (Fsp3) is 0.385. The van der Waals surface area contributed by atoms with E-state index in [1.54, 1.807) is 30.1 Å². The Labute approximate surface area is 106 Å². The van der Waals surface area contributed by atoms with Crippen LogP contribution in [0.2, 0.25) is 0 Å².